The third kappa shape index (κ3) is 5.20. The Balaban J connectivity index is 1.69. The first-order valence-corrected chi connectivity index (χ1v) is 11.8. The van der Waals surface area contributed by atoms with Gasteiger partial charge in [-0.05, 0) is 48.1 Å². The van der Waals surface area contributed by atoms with E-state index in [4.69, 9.17) is 16.0 Å². The van der Waals surface area contributed by atoms with Crippen LogP contribution in [0.5, 0.6) is 0 Å². The first kappa shape index (κ1) is 21.7. The topological polar surface area (TPSA) is 62.6 Å². The van der Waals surface area contributed by atoms with Crippen molar-refractivity contribution in [3.8, 4) is 0 Å². The standard InChI is InChI=1S/C24H25ClN2O3S/c25-19-11-5-4-8-17(19)16-27(24(29)21-13-7-15-31-21)22(20-12-6-14-30-20)23(28)26-18-9-2-1-3-10-18/h4-8,11-15,18,22H,1-3,9-10,16H2,(H,26,28)/t22-/m1/s1. The molecule has 0 unspecified atom stereocenters. The van der Waals surface area contributed by atoms with Gasteiger partial charge in [0.25, 0.3) is 11.8 Å². The molecule has 162 valence electrons. The molecule has 1 aliphatic carbocycles. The van der Waals surface area contributed by atoms with E-state index in [2.05, 4.69) is 5.32 Å². The van der Waals surface area contributed by atoms with Crippen molar-refractivity contribution in [3.05, 3.63) is 81.4 Å². The van der Waals surface area contributed by atoms with Crippen LogP contribution in [0, 0.1) is 0 Å². The van der Waals surface area contributed by atoms with Gasteiger partial charge in [0.2, 0.25) is 0 Å². The number of nitrogens with zero attached hydrogens (tertiary/aromatic N) is 1. The molecule has 2 aromatic heterocycles. The van der Waals surface area contributed by atoms with Gasteiger partial charge in [-0.2, -0.15) is 0 Å². The minimum atomic E-state index is -0.886. The Hall–Kier alpha value is -2.57. The zero-order valence-electron chi connectivity index (χ0n) is 17.1. The highest BCUT2D eigenvalue weighted by Gasteiger charge is 2.36. The summed E-state index contributed by atoms with van der Waals surface area (Å²) in [7, 11) is 0. The van der Waals surface area contributed by atoms with E-state index in [0.717, 1.165) is 31.2 Å². The number of hydrogen-bond donors (Lipinski definition) is 1. The van der Waals surface area contributed by atoms with Crippen LogP contribution in [0.1, 0.15) is 59.1 Å². The van der Waals surface area contributed by atoms with E-state index >= 15 is 0 Å². The molecule has 0 aliphatic heterocycles. The molecule has 4 rings (SSSR count). The fourth-order valence-corrected chi connectivity index (χ4v) is 4.90. The molecule has 1 aromatic carbocycles. The van der Waals surface area contributed by atoms with Crippen LogP contribution in [-0.2, 0) is 11.3 Å². The lowest BCUT2D eigenvalue weighted by Gasteiger charge is -2.32. The summed E-state index contributed by atoms with van der Waals surface area (Å²) in [5.41, 5.74) is 0.774. The van der Waals surface area contributed by atoms with Crippen molar-refractivity contribution >= 4 is 34.8 Å². The summed E-state index contributed by atoms with van der Waals surface area (Å²) in [4.78, 5) is 29.2. The molecule has 1 atom stereocenters. The second-order valence-electron chi connectivity index (χ2n) is 7.76. The van der Waals surface area contributed by atoms with Crippen LogP contribution in [-0.4, -0.2) is 22.8 Å². The van der Waals surface area contributed by atoms with Gasteiger partial charge in [0.1, 0.15) is 5.76 Å². The molecule has 3 aromatic rings. The van der Waals surface area contributed by atoms with Crippen molar-refractivity contribution in [2.24, 2.45) is 0 Å². The minimum Gasteiger partial charge on any atom is -0.467 e. The van der Waals surface area contributed by atoms with Gasteiger partial charge in [0.15, 0.2) is 6.04 Å². The van der Waals surface area contributed by atoms with Crippen LogP contribution in [0.25, 0.3) is 0 Å². The van der Waals surface area contributed by atoms with Crippen LogP contribution in [0.4, 0.5) is 0 Å². The normalized spacial score (nSPS) is 15.4. The molecule has 2 heterocycles. The Morgan fingerprint density at radius 2 is 1.90 bits per heavy atom. The monoisotopic (exact) mass is 456 g/mol. The molecule has 1 N–H and O–H groups in total. The fraction of sp³-hybridized carbons (Fsp3) is 0.333. The average molecular weight is 457 g/mol. The number of carbonyl (C=O) groups is 2. The summed E-state index contributed by atoms with van der Waals surface area (Å²) in [6.07, 6.45) is 6.85. The first-order chi connectivity index (χ1) is 15.1. The van der Waals surface area contributed by atoms with Gasteiger partial charge < -0.3 is 14.6 Å². The number of furan rings is 1. The average Bonchev–Trinajstić information content (AvgIpc) is 3.50. The number of thiophene rings is 1. The van der Waals surface area contributed by atoms with E-state index in [-0.39, 0.29) is 24.4 Å². The van der Waals surface area contributed by atoms with Crippen LogP contribution in [0.3, 0.4) is 0 Å². The Labute approximate surface area is 191 Å². The zero-order valence-corrected chi connectivity index (χ0v) is 18.7. The van der Waals surface area contributed by atoms with Gasteiger partial charge in [-0.3, -0.25) is 9.59 Å². The molecule has 0 saturated heterocycles. The summed E-state index contributed by atoms with van der Waals surface area (Å²) in [6, 6.07) is 13.7. The molecular weight excluding hydrogens is 432 g/mol. The number of hydrogen-bond acceptors (Lipinski definition) is 4. The van der Waals surface area contributed by atoms with Crippen LogP contribution in [0.15, 0.2) is 64.6 Å². The predicted octanol–water partition coefficient (Wildman–Crippen LogP) is 5.83. The van der Waals surface area contributed by atoms with Gasteiger partial charge in [-0.1, -0.05) is 55.1 Å². The van der Waals surface area contributed by atoms with Crippen molar-refractivity contribution in [2.45, 2.75) is 50.7 Å². The zero-order chi connectivity index (χ0) is 21.6. The minimum absolute atomic E-state index is 0.123. The molecule has 7 heteroatoms. The number of carbonyl (C=O) groups excluding carboxylic acids is 2. The third-order valence-electron chi connectivity index (χ3n) is 5.62. The Morgan fingerprint density at radius 1 is 1.10 bits per heavy atom. The maximum atomic E-state index is 13.5. The van der Waals surface area contributed by atoms with Crippen molar-refractivity contribution in [2.75, 3.05) is 0 Å². The molecule has 0 radical (unpaired) electrons. The Kier molecular flexibility index (Phi) is 7.10. The maximum Gasteiger partial charge on any atom is 0.265 e. The summed E-state index contributed by atoms with van der Waals surface area (Å²) in [5, 5.41) is 5.57. The van der Waals surface area contributed by atoms with Gasteiger partial charge in [-0.25, -0.2) is 0 Å². The highest BCUT2D eigenvalue weighted by Crippen LogP contribution is 2.30. The largest absolute Gasteiger partial charge is 0.467 e. The lowest BCUT2D eigenvalue weighted by molar-refractivity contribution is -0.127. The van der Waals surface area contributed by atoms with Crippen LogP contribution >= 0.6 is 22.9 Å². The second-order valence-corrected chi connectivity index (χ2v) is 9.12. The number of rotatable bonds is 7. The molecule has 5 nitrogen and oxygen atoms in total. The number of benzene rings is 1. The molecule has 1 aliphatic rings. The summed E-state index contributed by atoms with van der Waals surface area (Å²) < 4.78 is 5.64. The van der Waals surface area contributed by atoms with E-state index in [1.54, 1.807) is 29.2 Å². The van der Waals surface area contributed by atoms with Crippen LogP contribution < -0.4 is 5.32 Å². The lowest BCUT2D eigenvalue weighted by atomic mass is 9.95. The van der Waals surface area contributed by atoms with Gasteiger partial charge in [0, 0.05) is 17.6 Å². The molecule has 1 fully saturated rings. The molecular formula is C24H25ClN2O3S. The van der Waals surface area contributed by atoms with Crippen molar-refractivity contribution in [1.82, 2.24) is 10.2 Å². The van der Waals surface area contributed by atoms with Crippen molar-refractivity contribution in [1.29, 1.82) is 0 Å². The smallest absolute Gasteiger partial charge is 0.265 e. The molecule has 0 spiro atoms. The predicted molar refractivity (Wildman–Crippen MR) is 122 cm³/mol. The van der Waals surface area contributed by atoms with Crippen LogP contribution in [0.2, 0.25) is 5.02 Å². The number of amides is 2. The molecule has 31 heavy (non-hydrogen) atoms. The van der Waals surface area contributed by atoms with Gasteiger partial charge in [-0.15, -0.1) is 11.3 Å². The van der Waals surface area contributed by atoms with Gasteiger partial charge >= 0.3 is 0 Å². The lowest BCUT2D eigenvalue weighted by Crippen LogP contribution is -2.46. The van der Waals surface area contributed by atoms with E-state index in [1.807, 2.05) is 29.6 Å². The summed E-state index contributed by atoms with van der Waals surface area (Å²) >= 11 is 7.75. The molecule has 1 saturated carbocycles. The van der Waals surface area contributed by atoms with E-state index < -0.39 is 6.04 Å². The van der Waals surface area contributed by atoms with E-state index in [9.17, 15) is 9.59 Å². The highest BCUT2D eigenvalue weighted by molar-refractivity contribution is 7.12. The first-order valence-electron chi connectivity index (χ1n) is 10.5. The second kappa shape index (κ2) is 10.2. The number of halogens is 1. The quantitative estimate of drug-likeness (QED) is 0.486. The Morgan fingerprint density at radius 3 is 2.58 bits per heavy atom. The van der Waals surface area contributed by atoms with Crippen molar-refractivity contribution in [3.63, 3.8) is 0 Å². The van der Waals surface area contributed by atoms with Crippen molar-refractivity contribution < 1.29 is 14.0 Å². The van der Waals surface area contributed by atoms with Gasteiger partial charge in [0.05, 0.1) is 11.1 Å². The number of nitrogens with one attached hydrogen (secondary N) is 1. The third-order valence-corrected chi connectivity index (χ3v) is 6.84. The molecule has 0 bridgehead atoms. The summed E-state index contributed by atoms with van der Waals surface area (Å²) in [5.74, 6) is -0.0146. The maximum absolute atomic E-state index is 13.5. The summed E-state index contributed by atoms with van der Waals surface area (Å²) in [6.45, 7) is 0.194. The fourth-order valence-electron chi connectivity index (χ4n) is 4.03. The van der Waals surface area contributed by atoms with E-state index in [1.165, 1.54) is 24.0 Å². The van der Waals surface area contributed by atoms with E-state index in [0.29, 0.717) is 15.7 Å². The SMILES string of the molecule is O=C(NC1CCCCC1)[C@@H](c1ccco1)N(Cc1ccccc1Cl)C(=O)c1cccs1. The molecule has 2 amide bonds. The Bertz CT molecular complexity index is 998. The highest BCUT2D eigenvalue weighted by atomic mass is 35.5.